The summed E-state index contributed by atoms with van der Waals surface area (Å²) in [4.78, 5) is 25.0. The number of ether oxygens (including phenoxy) is 2. The van der Waals surface area contributed by atoms with E-state index in [4.69, 9.17) is 9.47 Å². The molecule has 6 atom stereocenters. The van der Waals surface area contributed by atoms with Crippen molar-refractivity contribution in [2.24, 2.45) is 28.6 Å². The molecule has 0 saturated heterocycles. The number of Topliss-reactive ketones (excluding diaryl/α,β-unsaturated/α-hetero) is 1. The van der Waals surface area contributed by atoms with Crippen molar-refractivity contribution in [3.63, 3.8) is 0 Å². The van der Waals surface area contributed by atoms with Crippen LogP contribution in [0.4, 0.5) is 0 Å². The Labute approximate surface area is 197 Å². The smallest absolute Gasteiger partial charge is 0.338 e. The Balaban J connectivity index is 1.30. The predicted octanol–water partition coefficient (Wildman–Crippen LogP) is 6.31. The number of allylic oxidation sites excluding steroid dienone is 3. The van der Waals surface area contributed by atoms with Crippen molar-refractivity contribution in [1.82, 2.24) is 0 Å². The van der Waals surface area contributed by atoms with Crippen LogP contribution in [0.3, 0.4) is 0 Å². The number of benzene rings is 1. The summed E-state index contributed by atoms with van der Waals surface area (Å²) in [7, 11) is 1.62. The summed E-state index contributed by atoms with van der Waals surface area (Å²) < 4.78 is 11.1. The van der Waals surface area contributed by atoms with Crippen LogP contribution in [-0.4, -0.2) is 25.0 Å². The lowest BCUT2D eigenvalue weighted by atomic mass is 9.47. The standard InChI is InChI=1S/C29H36O4/c1-18(30)24-11-12-25-23-10-7-20-17-22(33-27(31)19-5-8-21(32-4)9-6-19)13-15-28(20,2)26(23)14-16-29(24,25)3/h5-9,11,22-23,25-26H,10,12-17H2,1-4H3/t22-,23-,25-,26-,28-,29+/m0/s1. The van der Waals surface area contributed by atoms with Gasteiger partial charge in [-0.25, -0.2) is 4.79 Å². The molecule has 0 spiro atoms. The number of esters is 1. The molecule has 0 aromatic heterocycles. The number of ketones is 1. The Kier molecular flexibility index (Phi) is 5.54. The van der Waals surface area contributed by atoms with Crippen molar-refractivity contribution in [3.8, 4) is 5.75 Å². The van der Waals surface area contributed by atoms with Crippen molar-refractivity contribution < 1.29 is 19.1 Å². The SMILES string of the molecule is COc1ccc(C(=O)O[C@H]2CC[C@@]3(C)C(=CC[C@@H]4[C@@H]3CC[C@]3(C)C(C(C)=O)=CC[C@@H]43)C2)cc1. The topological polar surface area (TPSA) is 52.6 Å². The summed E-state index contributed by atoms with van der Waals surface area (Å²) in [5.74, 6) is 2.63. The van der Waals surface area contributed by atoms with E-state index in [9.17, 15) is 9.59 Å². The summed E-state index contributed by atoms with van der Waals surface area (Å²) >= 11 is 0. The molecule has 176 valence electrons. The molecular weight excluding hydrogens is 412 g/mol. The summed E-state index contributed by atoms with van der Waals surface area (Å²) in [6.07, 6.45) is 11.9. The number of hydrogen-bond donors (Lipinski definition) is 0. The Bertz CT molecular complexity index is 1020. The van der Waals surface area contributed by atoms with Gasteiger partial charge < -0.3 is 9.47 Å². The number of rotatable bonds is 4. The molecule has 1 aromatic rings. The second-order valence-corrected chi connectivity index (χ2v) is 11.1. The molecule has 4 aliphatic carbocycles. The zero-order valence-corrected chi connectivity index (χ0v) is 20.4. The van der Waals surface area contributed by atoms with Crippen molar-refractivity contribution >= 4 is 11.8 Å². The minimum atomic E-state index is -0.247. The van der Waals surface area contributed by atoms with Crippen LogP contribution in [-0.2, 0) is 9.53 Å². The molecule has 0 bridgehead atoms. The normalized spacial score (nSPS) is 37.1. The molecule has 4 nitrogen and oxygen atoms in total. The minimum absolute atomic E-state index is 0.0539. The van der Waals surface area contributed by atoms with Gasteiger partial charge in [0.1, 0.15) is 11.9 Å². The third-order valence-corrected chi connectivity index (χ3v) is 9.62. The molecule has 0 radical (unpaired) electrons. The van der Waals surface area contributed by atoms with Crippen LogP contribution in [0.1, 0.15) is 76.1 Å². The second kappa shape index (κ2) is 8.14. The van der Waals surface area contributed by atoms with E-state index in [1.54, 1.807) is 38.3 Å². The summed E-state index contributed by atoms with van der Waals surface area (Å²) in [6.45, 7) is 6.53. The van der Waals surface area contributed by atoms with Gasteiger partial charge in [-0.3, -0.25) is 4.79 Å². The Morgan fingerprint density at radius 3 is 2.36 bits per heavy atom. The summed E-state index contributed by atoms with van der Waals surface area (Å²) in [5.41, 5.74) is 3.39. The van der Waals surface area contributed by atoms with E-state index >= 15 is 0 Å². The van der Waals surface area contributed by atoms with Gasteiger partial charge in [-0.05, 0) is 104 Å². The molecule has 1 aromatic carbocycles. The first-order valence-corrected chi connectivity index (χ1v) is 12.5. The van der Waals surface area contributed by atoms with Crippen molar-refractivity contribution in [1.29, 1.82) is 0 Å². The van der Waals surface area contributed by atoms with Crippen LogP contribution in [0.2, 0.25) is 0 Å². The molecule has 4 heteroatoms. The Morgan fingerprint density at radius 2 is 1.67 bits per heavy atom. The molecule has 33 heavy (non-hydrogen) atoms. The third-order valence-electron chi connectivity index (χ3n) is 9.62. The van der Waals surface area contributed by atoms with Crippen molar-refractivity contribution in [3.05, 3.63) is 53.1 Å². The molecule has 0 heterocycles. The Morgan fingerprint density at radius 1 is 0.939 bits per heavy atom. The highest BCUT2D eigenvalue weighted by Crippen LogP contribution is 2.65. The van der Waals surface area contributed by atoms with Crippen molar-refractivity contribution in [2.45, 2.75) is 71.8 Å². The molecule has 2 saturated carbocycles. The lowest BCUT2D eigenvalue weighted by Gasteiger charge is -2.57. The average molecular weight is 449 g/mol. The van der Waals surface area contributed by atoms with Gasteiger partial charge in [-0.1, -0.05) is 31.6 Å². The fourth-order valence-electron chi connectivity index (χ4n) is 7.79. The number of carbonyl (C=O) groups is 2. The average Bonchev–Trinajstić information content (AvgIpc) is 3.17. The van der Waals surface area contributed by atoms with Gasteiger partial charge in [0.2, 0.25) is 0 Å². The van der Waals surface area contributed by atoms with Gasteiger partial charge in [0, 0.05) is 6.42 Å². The number of hydrogen-bond acceptors (Lipinski definition) is 4. The number of carbonyl (C=O) groups excluding carboxylic acids is 2. The maximum Gasteiger partial charge on any atom is 0.338 e. The lowest BCUT2D eigenvalue weighted by molar-refractivity contribution is -0.115. The molecule has 0 amide bonds. The van der Waals surface area contributed by atoms with Gasteiger partial charge >= 0.3 is 5.97 Å². The summed E-state index contributed by atoms with van der Waals surface area (Å²) in [5, 5.41) is 0. The summed E-state index contributed by atoms with van der Waals surface area (Å²) in [6, 6.07) is 7.13. The van der Waals surface area contributed by atoms with Gasteiger partial charge in [-0.15, -0.1) is 0 Å². The maximum absolute atomic E-state index is 12.7. The van der Waals surface area contributed by atoms with Crippen LogP contribution in [0.5, 0.6) is 5.75 Å². The largest absolute Gasteiger partial charge is 0.497 e. The quantitative estimate of drug-likeness (QED) is 0.400. The zero-order chi connectivity index (χ0) is 23.4. The van der Waals surface area contributed by atoms with Crippen LogP contribution in [0.15, 0.2) is 47.6 Å². The van der Waals surface area contributed by atoms with Crippen LogP contribution in [0, 0.1) is 28.6 Å². The highest BCUT2D eigenvalue weighted by Gasteiger charge is 2.57. The molecule has 4 aliphatic rings. The molecule has 0 N–H and O–H groups in total. The highest BCUT2D eigenvalue weighted by atomic mass is 16.5. The fraction of sp³-hybridized carbons (Fsp3) is 0.586. The van der Waals surface area contributed by atoms with Gasteiger partial charge in [0.15, 0.2) is 5.78 Å². The van der Waals surface area contributed by atoms with E-state index in [1.807, 2.05) is 0 Å². The number of fused-ring (bicyclic) bond motifs is 5. The van der Waals surface area contributed by atoms with E-state index in [1.165, 1.54) is 12.0 Å². The Hall–Kier alpha value is -2.36. The molecule has 5 rings (SSSR count). The first kappa shape index (κ1) is 22.4. The number of methoxy groups -OCH3 is 1. The van der Waals surface area contributed by atoms with E-state index < -0.39 is 0 Å². The zero-order valence-electron chi connectivity index (χ0n) is 20.4. The minimum Gasteiger partial charge on any atom is -0.497 e. The van der Waals surface area contributed by atoms with Gasteiger partial charge in [0.05, 0.1) is 12.7 Å². The second-order valence-electron chi connectivity index (χ2n) is 11.1. The predicted molar refractivity (Wildman–Crippen MR) is 128 cm³/mol. The van der Waals surface area contributed by atoms with Gasteiger partial charge in [-0.2, -0.15) is 0 Å². The third kappa shape index (κ3) is 3.57. The van der Waals surface area contributed by atoms with E-state index in [-0.39, 0.29) is 28.7 Å². The molecular formula is C29H36O4. The fourth-order valence-corrected chi connectivity index (χ4v) is 7.79. The molecule has 2 fully saturated rings. The molecule has 0 unspecified atom stereocenters. The van der Waals surface area contributed by atoms with Crippen LogP contribution in [0.25, 0.3) is 0 Å². The first-order chi connectivity index (χ1) is 15.8. The van der Waals surface area contributed by atoms with Crippen LogP contribution >= 0.6 is 0 Å². The lowest BCUT2D eigenvalue weighted by Crippen LogP contribution is -2.50. The molecule has 0 aliphatic heterocycles. The first-order valence-electron chi connectivity index (χ1n) is 12.5. The highest BCUT2D eigenvalue weighted by molar-refractivity contribution is 5.95. The van der Waals surface area contributed by atoms with E-state index in [2.05, 4.69) is 26.0 Å². The van der Waals surface area contributed by atoms with E-state index in [0.717, 1.165) is 49.8 Å². The van der Waals surface area contributed by atoms with Gasteiger partial charge in [0.25, 0.3) is 0 Å². The monoisotopic (exact) mass is 448 g/mol. The van der Waals surface area contributed by atoms with Crippen LogP contribution < -0.4 is 4.74 Å². The van der Waals surface area contributed by atoms with Crippen molar-refractivity contribution in [2.75, 3.05) is 7.11 Å². The maximum atomic E-state index is 12.7. The van der Waals surface area contributed by atoms with E-state index in [0.29, 0.717) is 23.3 Å².